The van der Waals surface area contributed by atoms with Crippen molar-refractivity contribution in [3.8, 4) is 5.75 Å². The van der Waals surface area contributed by atoms with E-state index in [-0.39, 0.29) is 0 Å². The zero-order chi connectivity index (χ0) is 8.97. The van der Waals surface area contributed by atoms with Crippen LogP contribution in [0.4, 0.5) is 0 Å². The van der Waals surface area contributed by atoms with Crippen LogP contribution in [0.25, 0.3) is 0 Å². The van der Waals surface area contributed by atoms with Crippen LogP contribution >= 0.6 is 15.9 Å². The van der Waals surface area contributed by atoms with Gasteiger partial charge in [0.05, 0.1) is 7.11 Å². The number of carbonyl (C=O) groups is 1. The zero-order valence-corrected chi connectivity index (χ0v) is 8.30. The summed E-state index contributed by atoms with van der Waals surface area (Å²) in [5.41, 5.74) is 1.57. The maximum atomic E-state index is 10.6. The molecule has 0 aromatic heterocycles. The summed E-state index contributed by atoms with van der Waals surface area (Å²) in [6, 6.07) is 5.41. The Morgan fingerprint density at radius 2 is 2.33 bits per heavy atom. The number of methoxy groups -OCH3 is 1. The SMILES string of the molecule is COc1cccc(C=O)c1CBr. The van der Waals surface area contributed by atoms with Crippen molar-refractivity contribution in [3.63, 3.8) is 0 Å². The van der Waals surface area contributed by atoms with Crippen LogP contribution in [0, 0.1) is 0 Å². The standard InChI is InChI=1S/C9H9BrO2/c1-12-9-4-2-3-7(6-11)8(9)5-10/h2-4,6H,5H2,1H3. The van der Waals surface area contributed by atoms with E-state index in [0.717, 1.165) is 17.6 Å². The van der Waals surface area contributed by atoms with Crippen molar-refractivity contribution in [1.29, 1.82) is 0 Å². The van der Waals surface area contributed by atoms with Crippen molar-refractivity contribution in [2.75, 3.05) is 7.11 Å². The highest BCUT2D eigenvalue weighted by Gasteiger charge is 2.05. The van der Waals surface area contributed by atoms with Gasteiger partial charge in [0.15, 0.2) is 0 Å². The molecule has 0 aliphatic heterocycles. The van der Waals surface area contributed by atoms with E-state index in [9.17, 15) is 4.79 Å². The number of alkyl halides is 1. The lowest BCUT2D eigenvalue weighted by Crippen LogP contribution is -1.94. The monoisotopic (exact) mass is 228 g/mol. The highest BCUT2D eigenvalue weighted by Crippen LogP contribution is 2.23. The molecule has 3 heteroatoms. The molecule has 12 heavy (non-hydrogen) atoms. The molecule has 1 aromatic rings. The highest BCUT2D eigenvalue weighted by molar-refractivity contribution is 9.08. The summed E-state index contributed by atoms with van der Waals surface area (Å²) in [7, 11) is 1.59. The summed E-state index contributed by atoms with van der Waals surface area (Å²) >= 11 is 3.30. The average Bonchev–Trinajstić information content (AvgIpc) is 2.16. The van der Waals surface area contributed by atoms with Gasteiger partial charge in [-0.05, 0) is 6.07 Å². The summed E-state index contributed by atoms with van der Waals surface area (Å²) in [5.74, 6) is 0.747. The van der Waals surface area contributed by atoms with Gasteiger partial charge in [-0.2, -0.15) is 0 Å². The van der Waals surface area contributed by atoms with Crippen molar-refractivity contribution >= 4 is 22.2 Å². The number of hydrogen-bond donors (Lipinski definition) is 0. The molecule has 0 radical (unpaired) electrons. The number of halogens is 1. The number of ether oxygens (including phenoxy) is 1. The van der Waals surface area contributed by atoms with Crippen LogP contribution < -0.4 is 4.74 Å². The lowest BCUT2D eigenvalue weighted by molar-refractivity contribution is 0.112. The molecule has 0 bridgehead atoms. The summed E-state index contributed by atoms with van der Waals surface area (Å²) in [5, 5.41) is 0.630. The molecule has 2 nitrogen and oxygen atoms in total. The van der Waals surface area contributed by atoms with Crippen molar-refractivity contribution < 1.29 is 9.53 Å². The number of carbonyl (C=O) groups excluding carboxylic acids is 1. The Hall–Kier alpha value is -0.830. The van der Waals surface area contributed by atoms with Crippen molar-refractivity contribution in [2.45, 2.75) is 5.33 Å². The minimum atomic E-state index is 0.630. The van der Waals surface area contributed by atoms with Gasteiger partial charge >= 0.3 is 0 Å². The number of benzene rings is 1. The molecule has 1 rings (SSSR count). The van der Waals surface area contributed by atoms with E-state index < -0.39 is 0 Å². The molecule has 0 amide bonds. The van der Waals surface area contributed by atoms with E-state index in [1.54, 1.807) is 19.2 Å². The van der Waals surface area contributed by atoms with Gasteiger partial charge in [-0.3, -0.25) is 4.79 Å². The van der Waals surface area contributed by atoms with Crippen LogP contribution in [0.1, 0.15) is 15.9 Å². The van der Waals surface area contributed by atoms with E-state index in [4.69, 9.17) is 4.74 Å². The molecule has 0 atom stereocenters. The third-order valence-electron chi connectivity index (χ3n) is 1.65. The Labute approximate surface area is 79.7 Å². The predicted molar refractivity (Wildman–Crippen MR) is 51.0 cm³/mol. The van der Waals surface area contributed by atoms with E-state index >= 15 is 0 Å². The van der Waals surface area contributed by atoms with Crippen LogP contribution in [-0.2, 0) is 5.33 Å². The first kappa shape index (κ1) is 9.26. The second-order valence-corrected chi connectivity index (χ2v) is 2.84. The average molecular weight is 229 g/mol. The van der Waals surface area contributed by atoms with Crippen molar-refractivity contribution in [2.24, 2.45) is 0 Å². The third-order valence-corrected chi connectivity index (χ3v) is 2.21. The Bertz CT molecular complexity index is 284. The number of aldehydes is 1. The lowest BCUT2D eigenvalue weighted by Gasteiger charge is -2.06. The van der Waals surface area contributed by atoms with Crippen LogP contribution in [0.3, 0.4) is 0 Å². The fourth-order valence-corrected chi connectivity index (χ4v) is 1.63. The molecule has 0 saturated heterocycles. The molecule has 0 N–H and O–H groups in total. The Morgan fingerprint density at radius 3 is 2.83 bits per heavy atom. The molecule has 1 aromatic carbocycles. The maximum absolute atomic E-state index is 10.6. The molecule has 0 aliphatic carbocycles. The molecule has 64 valence electrons. The molecule has 0 aliphatic rings. The summed E-state index contributed by atoms with van der Waals surface area (Å²) in [6.45, 7) is 0. The molecule has 0 saturated carbocycles. The fourth-order valence-electron chi connectivity index (χ4n) is 1.03. The van der Waals surface area contributed by atoms with Crippen molar-refractivity contribution in [3.05, 3.63) is 29.3 Å². The smallest absolute Gasteiger partial charge is 0.150 e. The van der Waals surface area contributed by atoms with Crippen LogP contribution in [0.2, 0.25) is 0 Å². The Morgan fingerprint density at radius 1 is 1.58 bits per heavy atom. The van der Waals surface area contributed by atoms with E-state index in [2.05, 4.69) is 15.9 Å². The largest absolute Gasteiger partial charge is 0.496 e. The second-order valence-electron chi connectivity index (χ2n) is 2.28. The predicted octanol–water partition coefficient (Wildman–Crippen LogP) is 2.40. The van der Waals surface area contributed by atoms with Gasteiger partial charge in [0, 0.05) is 16.5 Å². The first-order chi connectivity index (χ1) is 5.83. The fraction of sp³-hybridized carbons (Fsp3) is 0.222. The van der Waals surface area contributed by atoms with Crippen molar-refractivity contribution in [1.82, 2.24) is 0 Å². The third kappa shape index (κ3) is 1.67. The zero-order valence-electron chi connectivity index (χ0n) is 6.71. The summed E-state index contributed by atoms with van der Waals surface area (Å²) in [6.07, 6.45) is 0.832. The number of rotatable bonds is 3. The van der Waals surface area contributed by atoms with Gasteiger partial charge in [-0.1, -0.05) is 28.1 Å². The minimum absolute atomic E-state index is 0.630. The van der Waals surface area contributed by atoms with E-state index in [0.29, 0.717) is 10.9 Å². The molecule has 0 spiro atoms. The normalized spacial score (nSPS) is 9.50. The molecule has 0 heterocycles. The lowest BCUT2D eigenvalue weighted by atomic mass is 10.1. The Balaban J connectivity index is 3.21. The van der Waals surface area contributed by atoms with Gasteiger partial charge < -0.3 is 4.74 Å². The van der Waals surface area contributed by atoms with Gasteiger partial charge in [-0.25, -0.2) is 0 Å². The van der Waals surface area contributed by atoms with Gasteiger partial charge in [0.25, 0.3) is 0 Å². The Kier molecular flexibility index (Phi) is 3.29. The second kappa shape index (κ2) is 4.26. The highest BCUT2D eigenvalue weighted by atomic mass is 79.9. The first-order valence-corrected chi connectivity index (χ1v) is 4.62. The molecule has 0 fully saturated rings. The quantitative estimate of drug-likeness (QED) is 0.587. The maximum Gasteiger partial charge on any atom is 0.150 e. The molecular formula is C9H9BrO2. The van der Waals surface area contributed by atoms with Crippen LogP contribution in [0.15, 0.2) is 18.2 Å². The number of hydrogen-bond acceptors (Lipinski definition) is 2. The molecule has 0 unspecified atom stereocenters. The van der Waals surface area contributed by atoms with E-state index in [1.165, 1.54) is 0 Å². The molecular weight excluding hydrogens is 220 g/mol. The first-order valence-electron chi connectivity index (χ1n) is 3.50. The van der Waals surface area contributed by atoms with E-state index in [1.807, 2.05) is 6.07 Å². The minimum Gasteiger partial charge on any atom is -0.496 e. The van der Waals surface area contributed by atoms with Gasteiger partial charge in [0.1, 0.15) is 12.0 Å². The van der Waals surface area contributed by atoms with Crippen LogP contribution in [-0.4, -0.2) is 13.4 Å². The van der Waals surface area contributed by atoms with Crippen LogP contribution in [0.5, 0.6) is 5.75 Å². The van der Waals surface area contributed by atoms with Gasteiger partial charge in [-0.15, -0.1) is 0 Å². The summed E-state index contributed by atoms with van der Waals surface area (Å²) in [4.78, 5) is 10.6. The summed E-state index contributed by atoms with van der Waals surface area (Å²) < 4.78 is 5.09. The topological polar surface area (TPSA) is 26.3 Å². The van der Waals surface area contributed by atoms with Gasteiger partial charge in [0.2, 0.25) is 0 Å².